The SMILES string of the molecule is CNC(=O)c1cc(=O)n(CCN2CCC(NC(=O)O)CC2)c2ccccc12. The zero-order chi connectivity index (χ0) is 19.4. The molecule has 0 aliphatic carbocycles. The molecule has 0 unspecified atom stereocenters. The van der Waals surface area contributed by atoms with Crippen molar-refractivity contribution in [1.29, 1.82) is 0 Å². The van der Waals surface area contributed by atoms with Crippen molar-refractivity contribution in [3.63, 3.8) is 0 Å². The third-order valence-electron chi connectivity index (χ3n) is 5.05. The van der Waals surface area contributed by atoms with Crippen molar-refractivity contribution in [3.05, 3.63) is 46.2 Å². The zero-order valence-electron chi connectivity index (χ0n) is 15.3. The van der Waals surface area contributed by atoms with Crippen LogP contribution in [0.3, 0.4) is 0 Å². The van der Waals surface area contributed by atoms with Gasteiger partial charge in [-0.15, -0.1) is 0 Å². The van der Waals surface area contributed by atoms with Crippen LogP contribution in [0.1, 0.15) is 23.2 Å². The highest BCUT2D eigenvalue weighted by atomic mass is 16.4. The van der Waals surface area contributed by atoms with Gasteiger partial charge in [-0.25, -0.2) is 4.79 Å². The Labute approximate surface area is 156 Å². The fraction of sp³-hybridized carbons (Fsp3) is 0.421. The summed E-state index contributed by atoms with van der Waals surface area (Å²) < 4.78 is 1.70. The molecule has 27 heavy (non-hydrogen) atoms. The number of amides is 2. The number of hydrogen-bond acceptors (Lipinski definition) is 4. The van der Waals surface area contributed by atoms with Crippen LogP contribution in [0.25, 0.3) is 10.9 Å². The maximum atomic E-state index is 12.6. The van der Waals surface area contributed by atoms with E-state index in [1.807, 2.05) is 24.3 Å². The number of nitrogens with one attached hydrogen (secondary N) is 2. The summed E-state index contributed by atoms with van der Waals surface area (Å²) in [6.07, 6.45) is 0.539. The van der Waals surface area contributed by atoms with Crippen molar-refractivity contribution in [2.75, 3.05) is 26.7 Å². The summed E-state index contributed by atoms with van der Waals surface area (Å²) in [7, 11) is 1.55. The Morgan fingerprint density at radius 3 is 2.56 bits per heavy atom. The van der Waals surface area contributed by atoms with E-state index in [-0.39, 0.29) is 17.5 Å². The predicted octanol–water partition coefficient (Wildman–Crippen LogP) is 1.09. The molecule has 0 atom stereocenters. The minimum absolute atomic E-state index is 0.00542. The lowest BCUT2D eigenvalue weighted by molar-refractivity contribution is 0.0964. The summed E-state index contributed by atoms with van der Waals surface area (Å²) in [5.41, 5.74) is 0.927. The summed E-state index contributed by atoms with van der Waals surface area (Å²) in [6.45, 7) is 2.79. The second-order valence-corrected chi connectivity index (χ2v) is 6.71. The van der Waals surface area contributed by atoms with Gasteiger partial charge in [0.05, 0.1) is 11.1 Å². The number of rotatable bonds is 5. The first-order valence-corrected chi connectivity index (χ1v) is 9.06. The van der Waals surface area contributed by atoms with Gasteiger partial charge in [-0.05, 0) is 18.9 Å². The van der Waals surface area contributed by atoms with E-state index in [4.69, 9.17) is 5.11 Å². The first kappa shape index (κ1) is 18.9. The summed E-state index contributed by atoms with van der Waals surface area (Å²) in [6, 6.07) is 8.79. The van der Waals surface area contributed by atoms with Crippen LogP contribution in [-0.2, 0) is 6.54 Å². The Balaban J connectivity index is 1.75. The number of likely N-dealkylation sites (tertiary alicyclic amines) is 1. The molecular formula is C19H24N4O4. The lowest BCUT2D eigenvalue weighted by Gasteiger charge is -2.31. The van der Waals surface area contributed by atoms with Crippen molar-refractivity contribution in [1.82, 2.24) is 20.1 Å². The number of carbonyl (C=O) groups excluding carboxylic acids is 1. The number of pyridine rings is 1. The molecule has 1 aliphatic rings. The zero-order valence-corrected chi connectivity index (χ0v) is 15.3. The van der Waals surface area contributed by atoms with Crippen molar-refractivity contribution < 1.29 is 14.7 Å². The van der Waals surface area contributed by atoms with Crippen molar-refractivity contribution in [3.8, 4) is 0 Å². The number of aromatic nitrogens is 1. The van der Waals surface area contributed by atoms with Crippen LogP contribution in [0, 0.1) is 0 Å². The van der Waals surface area contributed by atoms with Gasteiger partial charge in [0, 0.05) is 50.7 Å². The third kappa shape index (κ3) is 4.28. The summed E-state index contributed by atoms with van der Waals surface area (Å²) >= 11 is 0. The Hall–Kier alpha value is -2.87. The number of nitrogens with zero attached hydrogens (tertiary/aromatic N) is 2. The van der Waals surface area contributed by atoms with Crippen LogP contribution in [0.5, 0.6) is 0 Å². The predicted molar refractivity (Wildman–Crippen MR) is 102 cm³/mol. The van der Waals surface area contributed by atoms with Gasteiger partial charge in [0.15, 0.2) is 0 Å². The molecule has 0 saturated carbocycles. The highest BCUT2D eigenvalue weighted by molar-refractivity contribution is 6.05. The second kappa shape index (κ2) is 8.22. The molecule has 2 heterocycles. The third-order valence-corrected chi connectivity index (χ3v) is 5.05. The second-order valence-electron chi connectivity index (χ2n) is 6.71. The lowest BCUT2D eigenvalue weighted by Crippen LogP contribution is -2.45. The number of carboxylic acid groups (broad SMARTS) is 1. The fourth-order valence-corrected chi connectivity index (χ4v) is 3.60. The number of fused-ring (bicyclic) bond motifs is 1. The van der Waals surface area contributed by atoms with E-state index in [2.05, 4.69) is 15.5 Å². The molecule has 1 aromatic heterocycles. The molecule has 1 fully saturated rings. The van der Waals surface area contributed by atoms with E-state index < -0.39 is 6.09 Å². The highest BCUT2D eigenvalue weighted by Gasteiger charge is 2.21. The molecule has 0 spiro atoms. The molecule has 2 aromatic rings. The van der Waals surface area contributed by atoms with Gasteiger partial charge >= 0.3 is 6.09 Å². The topological polar surface area (TPSA) is 104 Å². The number of hydrogen-bond donors (Lipinski definition) is 3. The number of carbonyl (C=O) groups is 2. The monoisotopic (exact) mass is 372 g/mol. The average molecular weight is 372 g/mol. The van der Waals surface area contributed by atoms with E-state index in [9.17, 15) is 14.4 Å². The average Bonchev–Trinajstić information content (AvgIpc) is 2.67. The van der Waals surface area contributed by atoms with E-state index in [1.54, 1.807) is 11.6 Å². The van der Waals surface area contributed by atoms with E-state index in [0.29, 0.717) is 18.7 Å². The van der Waals surface area contributed by atoms with Crippen LogP contribution >= 0.6 is 0 Å². The smallest absolute Gasteiger partial charge is 0.404 e. The molecule has 3 N–H and O–H groups in total. The summed E-state index contributed by atoms with van der Waals surface area (Å²) in [5.74, 6) is -0.275. The largest absolute Gasteiger partial charge is 0.465 e. The normalized spacial score (nSPS) is 15.6. The van der Waals surface area contributed by atoms with Gasteiger partial charge in [-0.3, -0.25) is 9.59 Å². The minimum atomic E-state index is -0.984. The van der Waals surface area contributed by atoms with E-state index >= 15 is 0 Å². The summed E-state index contributed by atoms with van der Waals surface area (Å²) in [4.78, 5) is 37.7. The van der Waals surface area contributed by atoms with Crippen molar-refractivity contribution in [2.45, 2.75) is 25.4 Å². The molecule has 3 rings (SSSR count). The molecule has 1 saturated heterocycles. The maximum Gasteiger partial charge on any atom is 0.404 e. The summed E-state index contributed by atoms with van der Waals surface area (Å²) in [5, 5.41) is 14.7. The number of para-hydroxylation sites is 1. The molecule has 0 bridgehead atoms. The van der Waals surface area contributed by atoms with Crippen LogP contribution in [-0.4, -0.2) is 59.3 Å². The first-order valence-electron chi connectivity index (χ1n) is 9.06. The van der Waals surface area contributed by atoms with E-state index in [0.717, 1.165) is 36.8 Å². The van der Waals surface area contributed by atoms with Crippen LogP contribution in [0.15, 0.2) is 35.1 Å². The van der Waals surface area contributed by atoms with Crippen molar-refractivity contribution >= 4 is 22.9 Å². The van der Waals surface area contributed by atoms with Crippen molar-refractivity contribution in [2.24, 2.45) is 0 Å². The van der Waals surface area contributed by atoms with E-state index in [1.165, 1.54) is 6.07 Å². The Kier molecular flexibility index (Phi) is 5.75. The Morgan fingerprint density at radius 1 is 1.19 bits per heavy atom. The molecule has 1 aliphatic heterocycles. The minimum Gasteiger partial charge on any atom is -0.465 e. The standard InChI is InChI=1S/C19H24N4O4/c1-20-18(25)15-12-17(24)23(16-5-3-2-4-14(15)16)11-10-22-8-6-13(7-9-22)21-19(26)27/h2-5,12-13,21H,6-11H2,1H3,(H,20,25)(H,26,27). The number of piperidine rings is 1. The lowest BCUT2D eigenvalue weighted by atomic mass is 10.1. The maximum absolute atomic E-state index is 12.6. The van der Waals surface area contributed by atoms with Gasteiger partial charge < -0.3 is 25.2 Å². The molecule has 144 valence electrons. The molecular weight excluding hydrogens is 348 g/mol. The van der Waals surface area contributed by atoms with Gasteiger partial charge in [0.1, 0.15) is 0 Å². The molecule has 1 aromatic carbocycles. The quantitative estimate of drug-likeness (QED) is 0.729. The molecule has 8 nitrogen and oxygen atoms in total. The number of benzene rings is 1. The molecule has 8 heteroatoms. The van der Waals surface area contributed by atoms with Gasteiger partial charge in [0.25, 0.3) is 11.5 Å². The van der Waals surface area contributed by atoms with Crippen LogP contribution < -0.4 is 16.2 Å². The van der Waals surface area contributed by atoms with Gasteiger partial charge in [-0.1, -0.05) is 18.2 Å². The highest BCUT2D eigenvalue weighted by Crippen LogP contribution is 2.17. The molecule has 0 radical (unpaired) electrons. The first-order chi connectivity index (χ1) is 13.0. The van der Waals surface area contributed by atoms with Crippen LogP contribution in [0.2, 0.25) is 0 Å². The fourth-order valence-electron chi connectivity index (χ4n) is 3.60. The Morgan fingerprint density at radius 2 is 1.89 bits per heavy atom. The van der Waals surface area contributed by atoms with Crippen LogP contribution in [0.4, 0.5) is 4.79 Å². The molecule has 2 amide bonds. The van der Waals surface area contributed by atoms with Gasteiger partial charge in [-0.2, -0.15) is 0 Å². The Bertz CT molecular complexity index is 900. The van der Waals surface area contributed by atoms with Gasteiger partial charge in [0.2, 0.25) is 0 Å².